The molecule has 0 fully saturated rings. The van der Waals surface area contributed by atoms with Gasteiger partial charge >= 0.3 is 0 Å². The molecule has 4 nitrogen and oxygen atoms in total. The molecule has 0 saturated carbocycles. The van der Waals surface area contributed by atoms with Gasteiger partial charge in [0.2, 0.25) is 0 Å². The summed E-state index contributed by atoms with van der Waals surface area (Å²) >= 11 is 3.31. The minimum Gasteiger partial charge on any atom is -0.383 e. The summed E-state index contributed by atoms with van der Waals surface area (Å²) in [5, 5.41) is 4.16. The van der Waals surface area contributed by atoms with E-state index in [0.717, 1.165) is 21.9 Å². The number of rotatable bonds is 2. The van der Waals surface area contributed by atoms with Crippen molar-refractivity contribution in [3.8, 4) is 21.8 Å². The van der Waals surface area contributed by atoms with Crippen LogP contribution in [0, 0.1) is 0 Å². The molecule has 0 unspecified atom stereocenters. The largest absolute Gasteiger partial charge is 0.383 e. The summed E-state index contributed by atoms with van der Waals surface area (Å²) in [6.45, 7) is 0. The lowest BCUT2D eigenvalue weighted by Crippen LogP contribution is -1.94. The number of fused-ring (bicyclic) bond motifs is 1. The van der Waals surface area contributed by atoms with Gasteiger partial charge in [0.05, 0.1) is 10.6 Å². The summed E-state index contributed by atoms with van der Waals surface area (Å²) in [5.41, 5.74) is 9.22. The highest BCUT2D eigenvalue weighted by molar-refractivity contribution is 7.17. The van der Waals surface area contributed by atoms with Crippen LogP contribution in [0.15, 0.2) is 47.4 Å². The van der Waals surface area contributed by atoms with Crippen molar-refractivity contribution in [1.29, 1.82) is 0 Å². The molecule has 2 N–H and O–H groups in total. The number of anilines is 1. The minimum atomic E-state index is 0.677. The number of hydrogen-bond donors (Lipinski definition) is 1. The van der Waals surface area contributed by atoms with E-state index in [9.17, 15) is 0 Å². The number of hydrogen-bond acceptors (Lipinski definition) is 5. The fraction of sp³-hybridized carbons (Fsp3) is 0. The van der Waals surface area contributed by atoms with Gasteiger partial charge in [0.1, 0.15) is 11.5 Å². The van der Waals surface area contributed by atoms with Gasteiger partial charge in [0.15, 0.2) is 4.96 Å². The lowest BCUT2D eigenvalue weighted by molar-refractivity contribution is 1.25. The van der Waals surface area contributed by atoms with E-state index in [1.807, 2.05) is 22.6 Å². The lowest BCUT2D eigenvalue weighted by Gasteiger charge is -2.00. The Hall–Kier alpha value is -2.18. The Balaban J connectivity index is 1.97. The molecule has 4 aromatic rings. The fourth-order valence-corrected chi connectivity index (χ4v) is 3.90. The van der Waals surface area contributed by atoms with Crippen molar-refractivity contribution in [2.75, 3.05) is 5.73 Å². The van der Waals surface area contributed by atoms with Crippen LogP contribution in [0.1, 0.15) is 0 Å². The highest BCUT2D eigenvalue weighted by Crippen LogP contribution is 2.35. The predicted octanol–water partition coefficient (Wildman–Crippen LogP) is 3.77. The van der Waals surface area contributed by atoms with Crippen molar-refractivity contribution in [3.05, 3.63) is 47.4 Å². The van der Waals surface area contributed by atoms with E-state index in [4.69, 9.17) is 5.73 Å². The third kappa shape index (κ3) is 1.65. The first-order chi connectivity index (χ1) is 9.84. The summed E-state index contributed by atoms with van der Waals surface area (Å²) in [7, 11) is 0. The molecule has 0 atom stereocenters. The van der Waals surface area contributed by atoms with Gasteiger partial charge in [-0.2, -0.15) is 0 Å². The van der Waals surface area contributed by atoms with E-state index < -0.39 is 0 Å². The third-order valence-corrected chi connectivity index (χ3v) is 4.84. The number of thiophene rings is 1. The average Bonchev–Trinajstić information content (AvgIpc) is 3.18. The zero-order valence-corrected chi connectivity index (χ0v) is 12.0. The maximum absolute atomic E-state index is 6.31. The first kappa shape index (κ1) is 11.6. The highest BCUT2D eigenvalue weighted by Gasteiger charge is 2.16. The standard InChI is InChI=1S/C14H10N4S2/c15-13-12(9-3-5-16-6-4-9)17-14-18(13)10(8-20-14)11-2-1-7-19-11/h1-8H,15H2. The van der Waals surface area contributed by atoms with Gasteiger partial charge in [-0.05, 0) is 23.6 Å². The molecule has 0 aliphatic carbocycles. The first-order valence-electron chi connectivity index (χ1n) is 6.04. The summed E-state index contributed by atoms with van der Waals surface area (Å²) in [5.74, 6) is 0.677. The third-order valence-electron chi connectivity index (χ3n) is 3.13. The second-order valence-electron chi connectivity index (χ2n) is 4.30. The van der Waals surface area contributed by atoms with Crippen LogP contribution >= 0.6 is 22.7 Å². The Kier molecular flexibility index (Phi) is 2.58. The molecule has 0 bridgehead atoms. The quantitative estimate of drug-likeness (QED) is 0.613. The van der Waals surface area contributed by atoms with Gasteiger partial charge in [-0.1, -0.05) is 6.07 Å². The zero-order valence-electron chi connectivity index (χ0n) is 10.4. The molecular weight excluding hydrogens is 288 g/mol. The number of thiazole rings is 1. The molecule has 0 aliphatic rings. The van der Waals surface area contributed by atoms with Crippen LogP contribution in [0.3, 0.4) is 0 Å². The molecule has 0 spiro atoms. The lowest BCUT2D eigenvalue weighted by atomic mass is 10.2. The zero-order chi connectivity index (χ0) is 13.5. The van der Waals surface area contributed by atoms with Crippen molar-refractivity contribution in [2.45, 2.75) is 0 Å². The van der Waals surface area contributed by atoms with E-state index in [0.29, 0.717) is 5.82 Å². The van der Waals surface area contributed by atoms with Gasteiger partial charge in [-0.25, -0.2) is 4.98 Å². The van der Waals surface area contributed by atoms with Gasteiger partial charge in [-0.15, -0.1) is 22.7 Å². The number of imidazole rings is 1. The topological polar surface area (TPSA) is 56.2 Å². The Morgan fingerprint density at radius 3 is 2.70 bits per heavy atom. The summed E-state index contributed by atoms with van der Waals surface area (Å²) in [6.07, 6.45) is 3.50. The van der Waals surface area contributed by atoms with Gasteiger partial charge < -0.3 is 5.73 Å². The highest BCUT2D eigenvalue weighted by atomic mass is 32.1. The van der Waals surface area contributed by atoms with Crippen molar-refractivity contribution in [3.63, 3.8) is 0 Å². The average molecular weight is 298 g/mol. The second-order valence-corrected chi connectivity index (χ2v) is 6.08. The predicted molar refractivity (Wildman–Crippen MR) is 84.0 cm³/mol. The van der Waals surface area contributed by atoms with Crippen molar-refractivity contribution in [2.24, 2.45) is 0 Å². The van der Waals surface area contributed by atoms with Crippen molar-refractivity contribution in [1.82, 2.24) is 14.4 Å². The molecule has 4 rings (SSSR count). The molecule has 6 heteroatoms. The molecule has 4 aromatic heterocycles. The second kappa shape index (κ2) is 4.43. The SMILES string of the molecule is Nc1c(-c2ccncc2)nc2scc(-c3cccs3)n12. The molecule has 0 aromatic carbocycles. The molecule has 0 aliphatic heterocycles. The van der Waals surface area contributed by atoms with Crippen LogP contribution in [0.25, 0.3) is 26.8 Å². The van der Waals surface area contributed by atoms with Crippen LogP contribution in [-0.4, -0.2) is 14.4 Å². The number of pyridine rings is 1. The molecule has 20 heavy (non-hydrogen) atoms. The summed E-state index contributed by atoms with van der Waals surface area (Å²) in [4.78, 5) is 10.8. The minimum absolute atomic E-state index is 0.677. The van der Waals surface area contributed by atoms with E-state index in [1.54, 1.807) is 35.1 Å². The summed E-state index contributed by atoms with van der Waals surface area (Å²) in [6, 6.07) is 7.99. The molecule has 0 radical (unpaired) electrons. The number of nitrogen functional groups attached to an aromatic ring is 1. The van der Waals surface area contributed by atoms with Crippen molar-refractivity contribution < 1.29 is 0 Å². The molecule has 4 heterocycles. The Bertz CT molecular complexity index is 860. The van der Waals surface area contributed by atoms with Crippen molar-refractivity contribution >= 4 is 33.5 Å². The Morgan fingerprint density at radius 1 is 1.10 bits per heavy atom. The van der Waals surface area contributed by atoms with Gasteiger partial charge in [0.25, 0.3) is 0 Å². The Labute approximate surface area is 123 Å². The first-order valence-corrected chi connectivity index (χ1v) is 7.80. The molecule has 98 valence electrons. The smallest absolute Gasteiger partial charge is 0.196 e. The monoisotopic (exact) mass is 298 g/mol. The Morgan fingerprint density at radius 2 is 1.95 bits per heavy atom. The molecular formula is C14H10N4S2. The molecule has 0 amide bonds. The van der Waals surface area contributed by atoms with E-state index >= 15 is 0 Å². The fourth-order valence-electron chi connectivity index (χ4n) is 2.20. The van der Waals surface area contributed by atoms with Crippen LogP contribution < -0.4 is 5.73 Å². The van der Waals surface area contributed by atoms with E-state index in [1.165, 1.54) is 4.88 Å². The van der Waals surface area contributed by atoms with Crippen LogP contribution in [0.4, 0.5) is 5.82 Å². The van der Waals surface area contributed by atoms with Gasteiger partial charge in [0, 0.05) is 23.3 Å². The maximum Gasteiger partial charge on any atom is 0.196 e. The normalized spacial score (nSPS) is 11.2. The maximum atomic E-state index is 6.31. The van der Waals surface area contributed by atoms with E-state index in [2.05, 4.69) is 26.8 Å². The van der Waals surface area contributed by atoms with Crippen LogP contribution in [-0.2, 0) is 0 Å². The van der Waals surface area contributed by atoms with E-state index in [-0.39, 0.29) is 0 Å². The number of nitrogens with zero attached hydrogens (tertiary/aromatic N) is 3. The van der Waals surface area contributed by atoms with Crippen LogP contribution in [0.2, 0.25) is 0 Å². The summed E-state index contributed by atoms with van der Waals surface area (Å²) < 4.78 is 2.02. The number of nitrogens with two attached hydrogens (primary N) is 1. The molecule has 0 saturated heterocycles. The van der Waals surface area contributed by atoms with Gasteiger partial charge in [-0.3, -0.25) is 9.38 Å². The number of aromatic nitrogens is 3. The van der Waals surface area contributed by atoms with Crippen LogP contribution in [0.5, 0.6) is 0 Å².